The average molecular weight is 229 g/mol. The van der Waals surface area contributed by atoms with Crippen molar-refractivity contribution >= 4 is 28.7 Å². The summed E-state index contributed by atoms with van der Waals surface area (Å²) in [6.45, 7) is 7.71. The Bertz CT molecular complexity index is 562. The monoisotopic (exact) mass is 229 g/mol. The van der Waals surface area contributed by atoms with Crippen LogP contribution in [0, 0.1) is 0 Å². The van der Waals surface area contributed by atoms with Crippen LogP contribution in [0.3, 0.4) is 0 Å². The Balaban J connectivity index is 2.54. The van der Waals surface area contributed by atoms with E-state index in [2.05, 4.69) is 26.8 Å². The number of rotatable bonds is 3. The number of hydrogen-bond donors (Lipinski definition) is 2. The van der Waals surface area contributed by atoms with E-state index in [1.165, 1.54) is 0 Å². The van der Waals surface area contributed by atoms with E-state index >= 15 is 0 Å². The second-order valence-electron chi connectivity index (χ2n) is 4.07. The molecule has 2 aromatic heterocycles. The predicted octanol–water partition coefficient (Wildman–Crippen LogP) is 2.07. The van der Waals surface area contributed by atoms with Crippen molar-refractivity contribution < 1.29 is 0 Å². The average Bonchev–Trinajstić information content (AvgIpc) is 2.29. The van der Waals surface area contributed by atoms with Gasteiger partial charge in [-0.05, 0) is 26.0 Å². The molecule has 0 saturated heterocycles. The normalized spacial score (nSPS) is 10.8. The van der Waals surface area contributed by atoms with Crippen LogP contribution in [0.4, 0.5) is 11.8 Å². The van der Waals surface area contributed by atoms with Crippen LogP contribution >= 0.6 is 0 Å². The first-order valence-corrected chi connectivity index (χ1v) is 5.42. The summed E-state index contributed by atoms with van der Waals surface area (Å²) in [5, 5.41) is 3.99. The molecule has 5 heteroatoms. The second-order valence-corrected chi connectivity index (χ2v) is 4.07. The molecule has 2 rings (SSSR count). The highest BCUT2D eigenvalue weighted by atomic mass is 15.1. The Morgan fingerprint density at radius 1 is 1.41 bits per heavy atom. The Hall–Kier alpha value is -2.17. The lowest BCUT2D eigenvalue weighted by molar-refractivity contribution is 0.877. The fraction of sp³-hybridized carbons (Fsp3) is 0.250. The van der Waals surface area contributed by atoms with Crippen LogP contribution in [0.1, 0.15) is 19.5 Å². The summed E-state index contributed by atoms with van der Waals surface area (Å²) in [6.07, 6.45) is 3.38. The number of nitrogens with zero attached hydrogens (tertiary/aromatic N) is 3. The minimum Gasteiger partial charge on any atom is -0.382 e. The molecule has 0 atom stereocenters. The molecule has 2 aromatic rings. The van der Waals surface area contributed by atoms with Gasteiger partial charge in [0.15, 0.2) is 5.82 Å². The molecule has 0 aliphatic rings. The summed E-state index contributed by atoms with van der Waals surface area (Å²) < 4.78 is 0. The fourth-order valence-electron chi connectivity index (χ4n) is 1.52. The van der Waals surface area contributed by atoms with Crippen molar-refractivity contribution in [3.8, 4) is 0 Å². The van der Waals surface area contributed by atoms with Gasteiger partial charge in [0.1, 0.15) is 5.52 Å². The van der Waals surface area contributed by atoms with Gasteiger partial charge in [-0.3, -0.25) is 0 Å². The maximum absolute atomic E-state index is 5.86. The number of nitrogen functional groups attached to an aromatic ring is 1. The number of fused-ring (bicyclic) bond motifs is 1. The molecule has 0 fully saturated rings. The first kappa shape index (κ1) is 11.3. The Morgan fingerprint density at radius 2 is 2.18 bits per heavy atom. The third kappa shape index (κ3) is 2.33. The molecular weight excluding hydrogens is 214 g/mol. The minimum absolute atomic E-state index is 0.272. The van der Waals surface area contributed by atoms with E-state index in [9.17, 15) is 0 Å². The Morgan fingerprint density at radius 3 is 2.82 bits per heavy atom. The van der Waals surface area contributed by atoms with E-state index in [0.29, 0.717) is 17.3 Å². The van der Waals surface area contributed by atoms with Gasteiger partial charge < -0.3 is 11.1 Å². The quantitative estimate of drug-likeness (QED) is 0.842. The lowest BCUT2D eigenvalue weighted by Gasteiger charge is -2.09. The van der Waals surface area contributed by atoms with Gasteiger partial charge in [-0.15, -0.1) is 0 Å². The lowest BCUT2D eigenvalue weighted by Crippen LogP contribution is -2.12. The molecule has 3 N–H and O–H groups in total. The first-order chi connectivity index (χ1) is 8.10. The largest absolute Gasteiger partial charge is 0.382 e. The van der Waals surface area contributed by atoms with Crippen molar-refractivity contribution in [2.45, 2.75) is 19.9 Å². The molecule has 0 bridgehead atoms. The Kier molecular flexibility index (Phi) is 2.91. The van der Waals surface area contributed by atoms with Crippen molar-refractivity contribution in [2.24, 2.45) is 0 Å². The molecule has 0 aromatic carbocycles. The van der Waals surface area contributed by atoms with E-state index in [4.69, 9.17) is 5.73 Å². The molecule has 0 spiro atoms. The minimum atomic E-state index is 0.272. The van der Waals surface area contributed by atoms with Crippen LogP contribution < -0.4 is 11.1 Å². The summed E-state index contributed by atoms with van der Waals surface area (Å²) in [5.74, 6) is 0.957. The number of aromatic nitrogens is 3. The molecular formula is C12H15N5. The van der Waals surface area contributed by atoms with E-state index < -0.39 is 0 Å². The van der Waals surface area contributed by atoms with Crippen LogP contribution in [0.15, 0.2) is 18.8 Å². The SMILES string of the molecule is C=Cc1cc2cnc(NC(C)C)nc2c(N)n1. The van der Waals surface area contributed by atoms with Crippen molar-refractivity contribution in [2.75, 3.05) is 11.1 Å². The van der Waals surface area contributed by atoms with Crippen LogP contribution in [0.5, 0.6) is 0 Å². The van der Waals surface area contributed by atoms with Gasteiger partial charge in [-0.2, -0.15) is 0 Å². The Labute approximate surface area is 99.8 Å². The van der Waals surface area contributed by atoms with Crippen molar-refractivity contribution in [3.05, 3.63) is 24.5 Å². The summed E-state index contributed by atoms with van der Waals surface area (Å²) in [7, 11) is 0. The van der Waals surface area contributed by atoms with Gasteiger partial charge in [-0.1, -0.05) is 6.58 Å². The molecule has 0 unspecified atom stereocenters. The molecule has 0 saturated carbocycles. The van der Waals surface area contributed by atoms with E-state index in [0.717, 1.165) is 11.1 Å². The van der Waals surface area contributed by atoms with Crippen molar-refractivity contribution in [1.82, 2.24) is 15.0 Å². The molecule has 5 nitrogen and oxygen atoms in total. The second kappa shape index (κ2) is 4.37. The summed E-state index contributed by atoms with van der Waals surface area (Å²) in [4.78, 5) is 12.8. The van der Waals surface area contributed by atoms with Crippen LogP contribution in [0.25, 0.3) is 17.0 Å². The molecule has 17 heavy (non-hydrogen) atoms. The first-order valence-electron chi connectivity index (χ1n) is 5.42. The summed E-state index contributed by atoms with van der Waals surface area (Å²) in [6, 6.07) is 2.13. The van der Waals surface area contributed by atoms with E-state index in [1.807, 2.05) is 19.9 Å². The number of nitrogens with one attached hydrogen (secondary N) is 1. The summed E-state index contributed by atoms with van der Waals surface area (Å²) in [5.41, 5.74) is 7.24. The molecule has 0 amide bonds. The zero-order chi connectivity index (χ0) is 12.4. The van der Waals surface area contributed by atoms with Gasteiger partial charge >= 0.3 is 0 Å². The standard InChI is InChI=1S/C12H15N5/c1-4-9-5-8-6-14-12(15-7(2)3)17-10(8)11(13)16-9/h4-7H,1H2,2-3H3,(H2,13,16)(H,14,15,17). The number of nitrogens with two attached hydrogens (primary N) is 1. The van der Waals surface area contributed by atoms with Crippen molar-refractivity contribution in [1.29, 1.82) is 0 Å². The topological polar surface area (TPSA) is 76.7 Å². The van der Waals surface area contributed by atoms with Gasteiger partial charge in [0.2, 0.25) is 5.95 Å². The van der Waals surface area contributed by atoms with Gasteiger partial charge in [0.05, 0.1) is 5.69 Å². The van der Waals surface area contributed by atoms with E-state index in [1.54, 1.807) is 12.3 Å². The maximum Gasteiger partial charge on any atom is 0.223 e. The highest BCUT2D eigenvalue weighted by molar-refractivity contribution is 5.88. The highest BCUT2D eigenvalue weighted by Gasteiger charge is 2.06. The third-order valence-corrected chi connectivity index (χ3v) is 2.24. The molecule has 88 valence electrons. The molecule has 2 heterocycles. The predicted molar refractivity (Wildman–Crippen MR) is 70.6 cm³/mol. The van der Waals surface area contributed by atoms with Crippen LogP contribution in [-0.4, -0.2) is 21.0 Å². The van der Waals surface area contributed by atoms with Crippen LogP contribution in [-0.2, 0) is 0 Å². The summed E-state index contributed by atoms with van der Waals surface area (Å²) >= 11 is 0. The van der Waals surface area contributed by atoms with E-state index in [-0.39, 0.29) is 6.04 Å². The number of pyridine rings is 1. The fourth-order valence-corrected chi connectivity index (χ4v) is 1.52. The van der Waals surface area contributed by atoms with Gasteiger partial charge in [0, 0.05) is 17.6 Å². The van der Waals surface area contributed by atoms with Crippen LogP contribution in [0.2, 0.25) is 0 Å². The third-order valence-electron chi connectivity index (χ3n) is 2.24. The van der Waals surface area contributed by atoms with Gasteiger partial charge in [-0.25, -0.2) is 15.0 Å². The number of hydrogen-bond acceptors (Lipinski definition) is 5. The lowest BCUT2D eigenvalue weighted by atomic mass is 10.2. The zero-order valence-corrected chi connectivity index (χ0v) is 9.94. The molecule has 0 radical (unpaired) electrons. The maximum atomic E-state index is 5.86. The molecule has 0 aliphatic carbocycles. The highest BCUT2D eigenvalue weighted by Crippen LogP contribution is 2.19. The number of anilines is 2. The smallest absolute Gasteiger partial charge is 0.223 e. The van der Waals surface area contributed by atoms with Gasteiger partial charge in [0.25, 0.3) is 0 Å². The van der Waals surface area contributed by atoms with Crippen molar-refractivity contribution in [3.63, 3.8) is 0 Å². The zero-order valence-electron chi connectivity index (χ0n) is 9.94. The molecule has 0 aliphatic heterocycles.